The van der Waals surface area contributed by atoms with E-state index >= 15 is 0 Å². The third kappa shape index (κ3) is 1.30. The summed E-state index contributed by atoms with van der Waals surface area (Å²) >= 11 is 4.30. The van der Waals surface area contributed by atoms with E-state index in [0.717, 1.165) is 18.7 Å². The van der Waals surface area contributed by atoms with Gasteiger partial charge in [0.05, 0.1) is 6.10 Å². The van der Waals surface area contributed by atoms with Crippen molar-refractivity contribution in [3.63, 3.8) is 0 Å². The van der Waals surface area contributed by atoms with E-state index < -0.39 is 0 Å². The topological polar surface area (TPSA) is 23.5 Å². The van der Waals surface area contributed by atoms with Crippen molar-refractivity contribution in [2.45, 2.75) is 43.9 Å². The predicted octanol–water partition coefficient (Wildman–Crippen LogP) is 0.861. The molecule has 64 valence electrons. The molecule has 0 saturated carbocycles. The number of piperidine rings is 1. The van der Waals surface area contributed by atoms with Crippen LogP contribution in [0.3, 0.4) is 0 Å². The van der Waals surface area contributed by atoms with E-state index in [0.29, 0.717) is 12.1 Å². The minimum atomic E-state index is -0.0383. The average Bonchev–Trinajstić information content (AvgIpc) is 2.23. The molecule has 11 heavy (non-hydrogen) atoms. The summed E-state index contributed by atoms with van der Waals surface area (Å²) in [5, 5.41) is 9.45. The van der Waals surface area contributed by atoms with E-state index in [1.165, 1.54) is 12.8 Å². The summed E-state index contributed by atoms with van der Waals surface area (Å²) in [6.45, 7) is 0. The highest BCUT2D eigenvalue weighted by Crippen LogP contribution is 2.35. The fourth-order valence-electron chi connectivity index (χ4n) is 2.48. The lowest BCUT2D eigenvalue weighted by atomic mass is 10.0. The van der Waals surface area contributed by atoms with E-state index in [2.05, 4.69) is 17.5 Å². The summed E-state index contributed by atoms with van der Waals surface area (Å²) in [5.41, 5.74) is 0. The van der Waals surface area contributed by atoms with Gasteiger partial charge < -0.3 is 5.11 Å². The molecule has 0 amide bonds. The Bertz CT molecular complexity index is 139. The summed E-state index contributed by atoms with van der Waals surface area (Å²) in [5.74, 6) is 0.863. The maximum Gasteiger partial charge on any atom is 0.0570 e. The number of thiol groups is 1. The molecule has 0 aromatic carbocycles. The number of fused-ring (bicyclic) bond motifs is 2. The van der Waals surface area contributed by atoms with Gasteiger partial charge in [-0.3, -0.25) is 4.90 Å². The molecule has 2 atom stereocenters. The van der Waals surface area contributed by atoms with Crippen LogP contribution in [0.5, 0.6) is 0 Å². The Morgan fingerprint density at radius 1 is 1.27 bits per heavy atom. The first-order valence-corrected chi connectivity index (χ1v) is 4.99. The van der Waals surface area contributed by atoms with Gasteiger partial charge >= 0.3 is 0 Å². The molecule has 3 heteroatoms. The van der Waals surface area contributed by atoms with Crippen molar-refractivity contribution in [2.24, 2.45) is 0 Å². The van der Waals surface area contributed by atoms with Crippen molar-refractivity contribution < 1.29 is 5.11 Å². The second-order valence-corrected chi connectivity index (χ2v) is 3.95. The number of hydrogen-bond donors (Lipinski definition) is 2. The molecular formula is C8H15NOS. The highest BCUT2D eigenvalue weighted by Gasteiger charge is 2.39. The van der Waals surface area contributed by atoms with Crippen LogP contribution in [-0.4, -0.2) is 34.1 Å². The predicted molar refractivity (Wildman–Crippen MR) is 47.7 cm³/mol. The van der Waals surface area contributed by atoms with E-state index in [-0.39, 0.29) is 6.10 Å². The van der Waals surface area contributed by atoms with Crippen molar-refractivity contribution in [1.29, 1.82) is 0 Å². The highest BCUT2D eigenvalue weighted by molar-refractivity contribution is 7.80. The standard InChI is InChI=1S/C8H15NOS/c10-8-3-6-1-2-7(4-8)9(6)5-11/h6-8,10-11H,1-5H2. The van der Waals surface area contributed by atoms with Crippen molar-refractivity contribution in [3.8, 4) is 0 Å². The molecular weight excluding hydrogens is 158 g/mol. The molecule has 2 rings (SSSR count). The van der Waals surface area contributed by atoms with Gasteiger partial charge in [-0.2, -0.15) is 12.6 Å². The molecule has 0 aromatic heterocycles. The van der Waals surface area contributed by atoms with E-state index in [4.69, 9.17) is 0 Å². The van der Waals surface area contributed by atoms with E-state index in [1.54, 1.807) is 0 Å². The summed E-state index contributed by atoms with van der Waals surface area (Å²) in [6.07, 6.45) is 4.43. The molecule has 2 aliphatic rings. The molecule has 0 aliphatic carbocycles. The molecule has 1 N–H and O–H groups in total. The maximum absolute atomic E-state index is 9.45. The highest BCUT2D eigenvalue weighted by atomic mass is 32.1. The monoisotopic (exact) mass is 173 g/mol. The van der Waals surface area contributed by atoms with Gasteiger partial charge in [0.25, 0.3) is 0 Å². The number of rotatable bonds is 1. The summed E-state index contributed by atoms with van der Waals surface area (Å²) in [6, 6.07) is 1.25. The Hall–Kier alpha value is 0.270. The zero-order chi connectivity index (χ0) is 7.84. The second kappa shape index (κ2) is 2.96. The number of hydrogen-bond acceptors (Lipinski definition) is 3. The normalized spacial score (nSPS) is 44.7. The van der Waals surface area contributed by atoms with Crippen molar-refractivity contribution >= 4 is 12.6 Å². The fourth-order valence-corrected chi connectivity index (χ4v) is 2.94. The lowest BCUT2D eigenvalue weighted by Crippen LogP contribution is -2.43. The first-order valence-electron chi connectivity index (χ1n) is 4.36. The van der Waals surface area contributed by atoms with Crippen LogP contribution in [0, 0.1) is 0 Å². The van der Waals surface area contributed by atoms with E-state index in [1.807, 2.05) is 0 Å². The third-order valence-electron chi connectivity index (χ3n) is 3.02. The van der Waals surface area contributed by atoms with Gasteiger partial charge in [-0.25, -0.2) is 0 Å². The van der Waals surface area contributed by atoms with Crippen LogP contribution in [0.15, 0.2) is 0 Å². The number of aliphatic hydroxyl groups excluding tert-OH is 1. The SMILES string of the molecule is OC1CC2CCC(C1)N2CS. The molecule has 2 aliphatic heterocycles. The molecule has 2 saturated heterocycles. The summed E-state index contributed by atoms with van der Waals surface area (Å²) in [7, 11) is 0. The Kier molecular flexibility index (Phi) is 2.12. The van der Waals surface area contributed by atoms with Crippen LogP contribution in [0.4, 0.5) is 0 Å². The third-order valence-corrected chi connectivity index (χ3v) is 3.35. The Balaban J connectivity index is 2.06. The Morgan fingerprint density at radius 2 is 1.82 bits per heavy atom. The molecule has 0 spiro atoms. The van der Waals surface area contributed by atoms with Crippen LogP contribution in [-0.2, 0) is 0 Å². The van der Waals surface area contributed by atoms with Crippen LogP contribution < -0.4 is 0 Å². The maximum atomic E-state index is 9.45. The van der Waals surface area contributed by atoms with Crippen molar-refractivity contribution in [2.75, 3.05) is 5.88 Å². The quantitative estimate of drug-likeness (QED) is 0.575. The number of aliphatic hydroxyl groups is 1. The van der Waals surface area contributed by atoms with E-state index in [9.17, 15) is 5.11 Å². The second-order valence-electron chi connectivity index (χ2n) is 3.67. The lowest BCUT2D eigenvalue weighted by molar-refractivity contribution is 0.0471. The number of nitrogens with zero attached hydrogens (tertiary/aromatic N) is 1. The zero-order valence-electron chi connectivity index (χ0n) is 6.61. The van der Waals surface area contributed by atoms with Gasteiger partial charge in [-0.15, -0.1) is 0 Å². The van der Waals surface area contributed by atoms with Gasteiger partial charge in [-0.1, -0.05) is 0 Å². The lowest BCUT2D eigenvalue weighted by Gasteiger charge is -2.35. The van der Waals surface area contributed by atoms with Crippen molar-refractivity contribution in [1.82, 2.24) is 4.90 Å². The molecule has 2 nitrogen and oxygen atoms in total. The zero-order valence-corrected chi connectivity index (χ0v) is 7.50. The van der Waals surface area contributed by atoms with Gasteiger partial charge in [0.2, 0.25) is 0 Å². The molecule has 0 aromatic rings. The summed E-state index contributed by atoms with van der Waals surface area (Å²) in [4.78, 5) is 2.43. The van der Waals surface area contributed by atoms with Gasteiger partial charge in [0.1, 0.15) is 0 Å². The van der Waals surface area contributed by atoms with Gasteiger partial charge in [0, 0.05) is 18.0 Å². The minimum Gasteiger partial charge on any atom is -0.393 e. The summed E-state index contributed by atoms with van der Waals surface area (Å²) < 4.78 is 0. The molecule has 2 heterocycles. The fraction of sp³-hybridized carbons (Fsp3) is 1.00. The Labute approximate surface area is 73.0 Å². The van der Waals surface area contributed by atoms with Gasteiger partial charge in [-0.05, 0) is 25.7 Å². The van der Waals surface area contributed by atoms with Crippen LogP contribution in [0.25, 0.3) is 0 Å². The molecule has 2 fully saturated rings. The van der Waals surface area contributed by atoms with Crippen molar-refractivity contribution in [3.05, 3.63) is 0 Å². The smallest absolute Gasteiger partial charge is 0.0570 e. The van der Waals surface area contributed by atoms with Crippen LogP contribution in [0.1, 0.15) is 25.7 Å². The largest absolute Gasteiger partial charge is 0.393 e. The van der Waals surface area contributed by atoms with Gasteiger partial charge in [0.15, 0.2) is 0 Å². The molecule has 2 unspecified atom stereocenters. The Morgan fingerprint density at radius 3 is 2.27 bits per heavy atom. The molecule has 2 bridgehead atoms. The first-order chi connectivity index (χ1) is 5.31. The molecule has 0 radical (unpaired) electrons. The van der Waals surface area contributed by atoms with Crippen LogP contribution >= 0.6 is 12.6 Å². The first kappa shape index (κ1) is 7.90. The average molecular weight is 173 g/mol. The minimum absolute atomic E-state index is 0.0383. The van der Waals surface area contributed by atoms with Crippen LogP contribution in [0.2, 0.25) is 0 Å².